The lowest BCUT2D eigenvalue weighted by atomic mass is 10.3. The molecule has 3 aromatic heterocycles. The number of ether oxygens (including phenoxy) is 1. The van der Waals surface area contributed by atoms with Crippen LogP contribution in [0.25, 0.3) is 11.0 Å². The zero-order valence-electron chi connectivity index (χ0n) is 14.0. The highest BCUT2D eigenvalue weighted by Gasteiger charge is 2.20. The van der Waals surface area contributed by atoms with Crippen molar-refractivity contribution in [3.8, 4) is 0 Å². The Labute approximate surface area is 151 Å². The van der Waals surface area contributed by atoms with Gasteiger partial charge in [-0.25, -0.2) is 9.78 Å². The molecule has 0 fully saturated rings. The van der Waals surface area contributed by atoms with Gasteiger partial charge in [-0.3, -0.25) is 9.25 Å². The van der Waals surface area contributed by atoms with Gasteiger partial charge in [0.25, 0.3) is 0 Å². The first-order valence-corrected chi connectivity index (χ1v) is 8.09. The van der Waals surface area contributed by atoms with Gasteiger partial charge in [0.15, 0.2) is 5.82 Å². The van der Waals surface area contributed by atoms with Crippen LogP contribution in [-0.2, 0) is 17.9 Å². The van der Waals surface area contributed by atoms with Crippen molar-refractivity contribution in [3.63, 3.8) is 0 Å². The number of para-hydroxylation sites is 2. The molecule has 0 saturated carbocycles. The molecule has 0 N–H and O–H groups in total. The largest absolute Gasteiger partial charge is 0.452 e. The number of alkyl halides is 2. The van der Waals surface area contributed by atoms with Crippen LogP contribution in [0, 0.1) is 0 Å². The predicted molar refractivity (Wildman–Crippen MR) is 90.1 cm³/mol. The van der Waals surface area contributed by atoms with Crippen LogP contribution in [0.15, 0.2) is 59.3 Å². The summed E-state index contributed by atoms with van der Waals surface area (Å²) in [6.45, 7) is -2.83. The van der Waals surface area contributed by atoms with Crippen LogP contribution in [0.4, 0.5) is 8.78 Å². The second-order valence-electron chi connectivity index (χ2n) is 5.71. The van der Waals surface area contributed by atoms with Crippen LogP contribution < -0.4 is 0 Å². The molecule has 3 heterocycles. The zero-order valence-corrected chi connectivity index (χ0v) is 14.0. The van der Waals surface area contributed by atoms with Gasteiger partial charge in [-0.15, -0.1) is 0 Å². The minimum Gasteiger partial charge on any atom is -0.452 e. The molecule has 0 radical (unpaired) electrons. The molecule has 4 rings (SSSR count). The number of halogens is 2. The Morgan fingerprint density at radius 3 is 2.81 bits per heavy atom. The number of aromatic nitrogens is 4. The highest BCUT2D eigenvalue weighted by Crippen LogP contribution is 2.23. The Kier molecular flexibility index (Phi) is 4.41. The molecule has 0 spiro atoms. The van der Waals surface area contributed by atoms with Crippen LogP contribution in [0.2, 0.25) is 0 Å². The lowest BCUT2D eigenvalue weighted by Crippen LogP contribution is -2.10. The van der Waals surface area contributed by atoms with Crippen molar-refractivity contribution in [1.82, 2.24) is 19.3 Å². The van der Waals surface area contributed by atoms with E-state index in [0.717, 1.165) is 4.57 Å². The maximum absolute atomic E-state index is 13.4. The number of carbonyl (C=O) groups is 1. The molecule has 0 aliphatic heterocycles. The zero-order chi connectivity index (χ0) is 18.8. The molecule has 1 aromatic carbocycles. The van der Waals surface area contributed by atoms with Crippen molar-refractivity contribution in [3.05, 3.63) is 72.2 Å². The van der Waals surface area contributed by atoms with Gasteiger partial charge in [0, 0.05) is 12.4 Å². The maximum Gasteiger partial charge on any atom is 0.374 e. The van der Waals surface area contributed by atoms with Gasteiger partial charge < -0.3 is 9.15 Å². The van der Waals surface area contributed by atoms with E-state index in [-0.39, 0.29) is 17.1 Å². The first kappa shape index (κ1) is 17.0. The van der Waals surface area contributed by atoms with E-state index in [9.17, 15) is 13.6 Å². The quantitative estimate of drug-likeness (QED) is 0.483. The Bertz CT molecular complexity index is 1070. The molecule has 0 aliphatic rings. The summed E-state index contributed by atoms with van der Waals surface area (Å²) >= 11 is 0. The smallest absolute Gasteiger partial charge is 0.374 e. The van der Waals surface area contributed by atoms with Gasteiger partial charge in [0.1, 0.15) is 12.4 Å². The van der Waals surface area contributed by atoms with Crippen LogP contribution >= 0.6 is 0 Å². The Morgan fingerprint density at radius 2 is 2.04 bits per heavy atom. The average molecular weight is 372 g/mol. The molecule has 7 nitrogen and oxygen atoms in total. The molecular weight excluding hydrogens is 358 g/mol. The van der Waals surface area contributed by atoms with E-state index < -0.39 is 19.1 Å². The molecule has 27 heavy (non-hydrogen) atoms. The Balaban J connectivity index is 1.47. The molecule has 0 bridgehead atoms. The normalized spacial score (nSPS) is 11.4. The molecule has 138 valence electrons. The van der Waals surface area contributed by atoms with Crippen LogP contribution in [-0.4, -0.2) is 25.3 Å². The van der Waals surface area contributed by atoms with E-state index >= 15 is 0 Å². The number of nitrogens with zero attached hydrogens (tertiary/aromatic N) is 4. The average Bonchev–Trinajstić information content (AvgIpc) is 3.39. The summed E-state index contributed by atoms with van der Waals surface area (Å²) in [5, 5.41) is 4.05. The molecule has 0 saturated heterocycles. The predicted octanol–water partition coefficient (Wildman–Crippen LogP) is 3.63. The van der Waals surface area contributed by atoms with E-state index in [4.69, 9.17) is 9.15 Å². The van der Waals surface area contributed by atoms with Crippen molar-refractivity contribution in [1.29, 1.82) is 0 Å². The van der Waals surface area contributed by atoms with Crippen molar-refractivity contribution < 1.29 is 22.7 Å². The topological polar surface area (TPSA) is 75.1 Å². The van der Waals surface area contributed by atoms with Crippen molar-refractivity contribution >= 4 is 17.0 Å². The van der Waals surface area contributed by atoms with Gasteiger partial charge in [0.2, 0.25) is 5.76 Å². The standard InChI is InChI=1S/C18H14F2N4O3/c19-18(20)24-14-5-2-1-4-13(14)22-16(24)11-26-17(25)15-7-6-12(27-15)10-23-9-3-8-21-23/h1-9,18H,10-11H2. The minimum absolute atomic E-state index is 0.0168. The summed E-state index contributed by atoms with van der Waals surface area (Å²) < 4.78 is 39.7. The lowest BCUT2D eigenvalue weighted by molar-refractivity contribution is 0.0356. The van der Waals surface area contributed by atoms with Crippen LogP contribution in [0.1, 0.15) is 28.7 Å². The number of rotatable bonds is 6. The molecule has 4 aromatic rings. The molecule has 0 unspecified atom stereocenters. The lowest BCUT2D eigenvalue weighted by Gasteiger charge is -2.07. The van der Waals surface area contributed by atoms with E-state index in [1.54, 1.807) is 47.4 Å². The van der Waals surface area contributed by atoms with Crippen molar-refractivity contribution in [2.45, 2.75) is 19.7 Å². The van der Waals surface area contributed by atoms with Gasteiger partial charge in [-0.1, -0.05) is 12.1 Å². The summed E-state index contributed by atoms with van der Waals surface area (Å²) in [6.07, 6.45) is 3.39. The third-order valence-electron chi connectivity index (χ3n) is 3.94. The van der Waals surface area contributed by atoms with Crippen molar-refractivity contribution in [2.75, 3.05) is 0 Å². The number of hydrogen-bond acceptors (Lipinski definition) is 5. The number of furan rings is 1. The van der Waals surface area contributed by atoms with Crippen LogP contribution in [0.3, 0.4) is 0 Å². The third kappa shape index (κ3) is 3.43. The second kappa shape index (κ2) is 7.02. The number of benzene rings is 1. The molecular formula is C18H14F2N4O3. The maximum atomic E-state index is 13.4. The summed E-state index contributed by atoms with van der Waals surface area (Å²) in [6, 6.07) is 11.4. The number of imidazole rings is 1. The number of esters is 1. The monoisotopic (exact) mass is 372 g/mol. The third-order valence-corrected chi connectivity index (χ3v) is 3.94. The Morgan fingerprint density at radius 1 is 1.19 bits per heavy atom. The van der Waals surface area contributed by atoms with E-state index in [1.807, 2.05) is 0 Å². The summed E-state index contributed by atoms with van der Waals surface area (Å²) in [5.74, 6) is -0.292. The van der Waals surface area contributed by atoms with E-state index in [0.29, 0.717) is 17.8 Å². The fourth-order valence-electron chi connectivity index (χ4n) is 2.74. The molecule has 0 atom stereocenters. The molecule has 9 heteroatoms. The van der Waals surface area contributed by atoms with Gasteiger partial charge >= 0.3 is 12.5 Å². The van der Waals surface area contributed by atoms with Crippen molar-refractivity contribution in [2.24, 2.45) is 0 Å². The van der Waals surface area contributed by atoms with Gasteiger partial charge in [-0.2, -0.15) is 13.9 Å². The summed E-state index contributed by atoms with van der Waals surface area (Å²) in [7, 11) is 0. The van der Waals surface area contributed by atoms with Gasteiger partial charge in [-0.05, 0) is 30.3 Å². The second-order valence-corrected chi connectivity index (χ2v) is 5.71. The number of hydrogen-bond donors (Lipinski definition) is 0. The SMILES string of the molecule is O=C(OCc1nc2ccccc2n1C(F)F)c1ccc(Cn2cccn2)o1. The van der Waals surface area contributed by atoms with Crippen LogP contribution in [0.5, 0.6) is 0 Å². The van der Waals surface area contributed by atoms with E-state index in [1.165, 1.54) is 12.1 Å². The molecule has 0 amide bonds. The first-order chi connectivity index (χ1) is 13.1. The number of fused-ring (bicyclic) bond motifs is 1. The Hall–Kier alpha value is -3.49. The fraction of sp³-hybridized carbons (Fsp3) is 0.167. The summed E-state index contributed by atoms with van der Waals surface area (Å²) in [5.41, 5.74) is 0.682. The molecule has 0 aliphatic carbocycles. The fourth-order valence-corrected chi connectivity index (χ4v) is 2.74. The first-order valence-electron chi connectivity index (χ1n) is 8.09. The van der Waals surface area contributed by atoms with E-state index in [2.05, 4.69) is 10.1 Å². The highest BCUT2D eigenvalue weighted by atomic mass is 19.3. The summed E-state index contributed by atoms with van der Waals surface area (Å²) in [4.78, 5) is 16.3. The highest BCUT2D eigenvalue weighted by molar-refractivity contribution is 5.86. The minimum atomic E-state index is -2.80. The number of carbonyl (C=O) groups excluding carboxylic acids is 1. The van der Waals surface area contributed by atoms with Gasteiger partial charge in [0.05, 0.1) is 17.6 Å².